The Balaban J connectivity index is 2.25. The van der Waals surface area contributed by atoms with Crippen LogP contribution < -0.4 is 10.2 Å². The average molecular weight is 248 g/mol. The molecule has 0 bridgehead atoms. The number of likely N-dealkylation sites (N-methyl/N-ethyl adjacent to an activating group) is 1. The van der Waals surface area contributed by atoms with E-state index in [4.69, 9.17) is 0 Å². The average Bonchev–Trinajstić information content (AvgIpc) is 2.86. The van der Waals surface area contributed by atoms with E-state index in [0.29, 0.717) is 0 Å². The number of nitrogens with one attached hydrogen (secondary N) is 1. The summed E-state index contributed by atoms with van der Waals surface area (Å²) < 4.78 is 0. The Kier molecular flexibility index (Phi) is 3.87. The van der Waals surface area contributed by atoms with Gasteiger partial charge in [-0.3, -0.25) is 4.79 Å². The minimum atomic E-state index is -0.0608. The van der Waals surface area contributed by atoms with Crippen molar-refractivity contribution in [1.29, 1.82) is 0 Å². The van der Waals surface area contributed by atoms with Crippen molar-refractivity contribution in [1.82, 2.24) is 5.32 Å². The number of aliphatic hydroxyl groups excluding tert-OH is 1. The molecule has 2 rings (SSSR count). The molecule has 1 amide bonds. The van der Waals surface area contributed by atoms with Gasteiger partial charge in [-0.1, -0.05) is 6.07 Å². The molecule has 1 aliphatic rings. The zero-order valence-corrected chi connectivity index (χ0v) is 10.9. The predicted octanol–water partition coefficient (Wildman–Crippen LogP) is 1.20. The lowest BCUT2D eigenvalue weighted by Gasteiger charge is -2.26. The molecule has 0 aliphatic carbocycles. The molecule has 0 spiro atoms. The topological polar surface area (TPSA) is 52.6 Å². The smallest absolute Gasteiger partial charge is 0.242 e. The normalized spacial score (nSPS) is 19.1. The van der Waals surface area contributed by atoms with Crippen molar-refractivity contribution in [3.05, 3.63) is 29.3 Å². The van der Waals surface area contributed by atoms with Gasteiger partial charge in [-0.15, -0.1) is 0 Å². The molecule has 98 valence electrons. The lowest BCUT2D eigenvalue weighted by Crippen LogP contribution is -2.42. The highest BCUT2D eigenvalue weighted by Crippen LogP contribution is 2.27. The lowest BCUT2D eigenvalue weighted by molar-refractivity contribution is -0.121. The minimum Gasteiger partial charge on any atom is -0.392 e. The molecule has 0 aromatic heterocycles. The number of carbonyl (C=O) groups excluding carboxylic acids is 1. The molecule has 1 aliphatic heterocycles. The van der Waals surface area contributed by atoms with Crippen LogP contribution in [0.2, 0.25) is 0 Å². The highest BCUT2D eigenvalue weighted by Gasteiger charge is 2.30. The Morgan fingerprint density at radius 1 is 1.56 bits per heavy atom. The van der Waals surface area contributed by atoms with Crippen molar-refractivity contribution < 1.29 is 9.90 Å². The monoisotopic (exact) mass is 248 g/mol. The van der Waals surface area contributed by atoms with E-state index >= 15 is 0 Å². The first-order valence-corrected chi connectivity index (χ1v) is 6.36. The fourth-order valence-electron chi connectivity index (χ4n) is 2.55. The number of nitrogens with zero attached hydrogens (tertiary/aromatic N) is 1. The van der Waals surface area contributed by atoms with E-state index in [1.165, 1.54) is 0 Å². The molecule has 0 saturated carbocycles. The molecule has 4 nitrogen and oxygen atoms in total. The zero-order valence-electron chi connectivity index (χ0n) is 10.9. The van der Waals surface area contributed by atoms with Crippen LogP contribution in [0.5, 0.6) is 0 Å². The Morgan fingerprint density at radius 3 is 2.94 bits per heavy atom. The maximum atomic E-state index is 11.8. The van der Waals surface area contributed by atoms with E-state index < -0.39 is 0 Å². The fraction of sp³-hybridized carbons (Fsp3) is 0.500. The van der Waals surface area contributed by atoms with Crippen LogP contribution in [0.1, 0.15) is 24.0 Å². The number of anilines is 1. The second-order valence-corrected chi connectivity index (χ2v) is 4.73. The van der Waals surface area contributed by atoms with E-state index in [1.807, 2.05) is 25.1 Å². The molecular weight excluding hydrogens is 228 g/mol. The summed E-state index contributed by atoms with van der Waals surface area (Å²) in [5.74, 6) is 0.0800. The van der Waals surface area contributed by atoms with Gasteiger partial charge in [0.05, 0.1) is 6.61 Å². The first kappa shape index (κ1) is 12.9. The molecule has 1 saturated heterocycles. The zero-order chi connectivity index (χ0) is 13.1. The Hall–Kier alpha value is -1.55. The second kappa shape index (κ2) is 5.40. The number of benzene rings is 1. The molecule has 1 aromatic carbocycles. The van der Waals surface area contributed by atoms with Crippen molar-refractivity contribution in [3.63, 3.8) is 0 Å². The molecule has 1 heterocycles. The lowest BCUT2D eigenvalue weighted by atomic mass is 10.1. The second-order valence-electron chi connectivity index (χ2n) is 4.73. The van der Waals surface area contributed by atoms with E-state index in [9.17, 15) is 9.90 Å². The van der Waals surface area contributed by atoms with E-state index in [1.54, 1.807) is 7.05 Å². The van der Waals surface area contributed by atoms with Gasteiger partial charge in [-0.25, -0.2) is 0 Å². The fourth-order valence-corrected chi connectivity index (χ4v) is 2.55. The largest absolute Gasteiger partial charge is 0.392 e. The maximum Gasteiger partial charge on any atom is 0.242 e. The van der Waals surface area contributed by atoms with Gasteiger partial charge in [0, 0.05) is 19.3 Å². The summed E-state index contributed by atoms with van der Waals surface area (Å²) in [7, 11) is 1.68. The van der Waals surface area contributed by atoms with Crippen molar-refractivity contribution in [2.24, 2.45) is 0 Å². The van der Waals surface area contributed by atoms with E-state index in [0.717, 1.165) is 36.2 Å². The van der Waals surface area contributed by atoms with Crippen LogP contribution in [0.25, 0.3) is 0 Å². The van der Waals surface area contributed by atoms with Crippen LogP contribution in [0.15, 0.2) is 18.2 Å². The van der Waals surface area contributed by atoms with Crippen molar-refractivity contribution in [3.8, 4) is 0 Å². The van der Waals surface area contributed by atoms with E-state index in [-0.39, 0.29) is 18.6 Å². The summed E-state index contributed by atoms with van der Waals surface area (Å²) in [6.07, 6.45) is 1.94. The van der Waals surface area contributed by atoms with Crippen LogP contribution in [-0.4, -0.2) is 30.6 Å². The molecule has 2 N–H and O–H groups in total. The van der Waals surface area contributed by atoms with Gasteiger partial charge in [-0.2, -0.15) is 0 Å². The highest BCUT2D eigenvalue weighted by atomic mass is 16.3. The molecule has 0 radical (unpaired) electrons. The first-order chi connectivity index (χ1) is 8.67. The van der Waals surface area contributed by atoms with Gasteiger partial charge in [0.2, 0.25) is 5.91 Å². The van der Waals surface area contributed by atoms with Crippen molar-refractivity contribution in [2.45, 2.75) is 32.4 Å². The quantitative estimate of drug-likeness (QED) is 0.845. The number of aryl methyl sites for hydroxylation is 1. The number of amides is 1. The molecule has 1 unspecified atom stereocenters. The molecule has 4 heteroatoms. The van der Waals surface area contributed by atoms with Gasteiger partial charge in [0.25, 0.3) is 0 Å². The Bertz CT molecular complexity index is 445. The standard InChI is InChI=1S/C14H20N2O2/c1-10-8-12(6-5-11(10)9-17)16-7-3-4-13(16)14(18)15-2/h5-6,8,13,17H,3-4,7,9H2,1-2H3,(H,15,18). The third kappa shape index (κ3) is 2.34. The van der Waals surface area contributed by atoms with Gasteiger partial charge in [0.15, 0.2) is 0 Å². The van der Waals surface area contributed by atoms with E-state index in [2.05, 4.69) is 10.2 Å². The Morgan fingerprint density at radius 2 is 2.33 bits per heavy atom. The Labute approximate surface area is 108 Å². The maximum absolute atomic E-state index is 11.8. The molecule has 1 fully saturated rings. The number of aliphatic hydroxyl groups is 1. The summed E-state index contributed by atoms with van der Waals surface area (Å²) in [4.78, 5) is 14.0. The van der Waals surface area contributed by atoms with Crippen LogP contribution in [0, 0.1) is 6.92 Å². The molecule has 1 aromatic rings. The van der Waals surface area contributed by atoms with Gasteiger partial charge >= 0.3 is 0 Å². The number of rotatable bonds is 3. The van der Waals surface area contributed by atoms with Crippen LogP contribution in [-0.2, 0) is 11.4 Å². The summed E-state index contributed by atoms with van der Waals surface area (Å²) in [6.45, 7) is 2.96. The summed E-state index contributed by atoms with van der Waals surface area (Å²) >= 11 is 0. The first-order valence-electron chi connectivity index (χ1n) is 6.36. The van der Waals surface area contributed by atoms with Crippen molar-refractivity contribution >= 4 is 11.6 Å². The van der Waals surface area contributed by atoms with Crippen LogP contribution in [0.4, 0.5) is 5.69 Å². The molecule has 18 heavy (non-hydrogen) atoms. The third-order valence-electron chi connectivity index (χ3n) is 3.63. The van der Waals surface area contributed by atoms with Crippen molar-refractivity contribution in [2.75, 3.05) is 18.5 Å². The number of hydrogen-bond acceptors (Lipinski definition) is 3. The number of hydrogen-bond donors (Lipinski definition) is 2. The predicted molar refractivity (Wildman–Crippen MR) is 71.5 cm³/mol. The molecule has 1 atom stereocenters. The summed E-state index contributed by atoms with van der Waals surface area (Å²) in [5.41, 5.74) is 3.07. The number of carbonyl (C=O) groups is 1. The summed E-state index contributed by atoms with van der Waals surface area (Å²) in [6, 6.07) is 5.91. The third-order valence-corrected chi connectivity index (χ3v) is 3.63. The van der Waals surface area contributed by atoms with Crippen LogP contribution in [0.3, 0.4) is 0 Å². The van der Waals surface area contributed by atoms with Crippen LogP contribution >= 0.6 is 0 Å². The SMILES string of the molecule is CNC(=O)C1CCCN1c1ccc(CO)c(C)c1. The minimum absolute atomic E-state index is 0.0605. The van der Waals surface area contributed by atoms with Gasteiger partial charge in [0.1, 0.15) is 6.04 Å². The van der Waals surface area contributed by atoms with Gasteiger partial charge in [-0.05, 0) is 43.0 Å². The highest BCUT2D eigenvalue weighted by molar-refractivity contribution is 5.85. The summed E-state index contributed by atoms with van der Waals surface area (Å²) in [5, 5.41) is 11.9. The van der Waals surface area contributed by atoms with Gasteiger partial charge < -0.3 is 15.3 Å². The molecular formula is C14H20N2O2.